The van der Waals surface area contributed by atoms with Crippen LogP contribution in [0.25, 0.3) is 0 Å². The Morgan fingerprint density at radius 2 is 2.33 bits per heavy atom. The number of nitrogens with zero attached hydrogens (tertiary/aromatic N) is 1. The van der Waals surface area contributed by atoms with Crippen LogP contribution in [0.1, 0.15) is 26.7 Å². The van der Waals surface area contributed by atoms with Gasteiger partial charge in [-0.25, -0.2) is 0 Å². The van der Waals surface area contributed by atoms with Crippen LogP contribution in [0.5, 0.6) is 0 Å². The normalized spacial score (nSPS) is 28.4. The van der Waals surface area contributed by atoms with E-state index in [-0.39, 0.29) is 18.1 Å². The van der Waals surface area contributed by atoms with E-state index in [2.05, 4.69) is 15.5 Å². The van der Waals surface area contributed by atoms with Crippen LogP contribution in [0, 0.1) is 0 Å². The maximum Gasteiger partial charge on any atom is 0.234 e. The number of rotatable bonds is 5. The summed E-state index contributed by atoms with van der Waals surface area (Å²) in [6.45, 7) is 8.13. The van der Waals surface area contributed by atoms with Gasteiger partial charge >= 0.3 is 0 Å². The summed E-state index contributed by atoms with van der Waals surface area (Å²) in [4.78, 5) is 14.0. The molecule has 2 aliphatic heterocycles. The fourth-order valence-corrected chi connectivity index (χ4v) is 2.73. The van der Waals surface area contributed by atoms with Gasteiger partial charge in [-0.2, -0.15) is 0 Å². The van der Waals surface area contributed by atoms with E-state index in [9.17, 15) is 4.79 Å². The predicted octanol–water partition coefficient (Wildman–Crippen LogP) is -0.0362. The summed E-state index contributed by atoms with van der Waals surface area (Å²) in [6, 6.07) is 0.848. The summed E-state index contributed by atoms with van der Waals surface area (Å²) < 4.78 is 5.82. The van der Waals surface area contributed by atoms with Crippen LogP contribution < -0.4 is 10.6 Å². The average molecular weight is 255 g/mol. The molecule has 2 unspecified atom stereocenters. The highest BCUT2D eigenvalue weighted by molar-refractivity contribution is 5.78. The minimum atomic E-state index is 0.0554. The number of morpholine rings is 1. The standard InChI is InChI=1S/C13H25N3O2/c1-10(2)15-13(17)7-14-6-12-8-16-5-3-4-11(16)9-18-12/h10-12,14H,3-9H2,1-2H3,(H,15,17). The zero-order valence-corrected chi connectivity index (χ0v) is 11.4. The van der Waals surface area contributed by atoms with Gasteiger partial charge in [0.25, 0.3) is 0 Å². The molecule has 0 bridgehead atoms. The van der Waals surface area contributed by atoms with Crippen LogP contribution in [0.15, 0.2) is 0 Å². The molecule has 0 saturated carbocycles. The summed E-state index contributed by atoms with van der Waals surface area (Å²) in [7, 11) is 0. The van der Waals surface area contributed by atoms with Crippen molar-refractivity contribution in [1.82, 2.24) is 15.5 Å². The summed E-state index contributed by atoms with van der Waals surface area (Å²) in [6.07, 6.45) is 2.80. The zero-order chi connectivity index (χ0) is 13.0. The average Bonchev–Trinajstić information content (AvgIpc) is 2.75. The van der Waals surface area contributed by atoms with Crippen molar-refractivity contribution >= 4 is 5.91 Å². The second-order valence-electron chi connectivity index (χ2n) is 5.60. The Balaban J connectivity index is 1.61. The van der Waals surface area contributed by atoms with Gasteiger partial charge in [-0.1, -0.05) is 0 Å². The molecule has 0 aromatic heterocycles. The lowest BCUT2D eigenvalue weighted by Crippen LogP contribution is -2.50. The number of fused-ring (bicyclic) bond motifs is 1. The number of nitrogens with one attached hydrogen (secondary N) is 2. The van der Waals surface area contributed by atoms with E-state index in [0.717, 1.165) is 19.7 Å². The van der Waals surface area contributed by atoms with E-state index in [1.54, 1.807) is 0 Å². The molecule has 0 aliphatic carbocycles. The Labute approximate surface area is 109 Å². The van der Waals surface area contributed by atoms with E-state index < -0.39 is 0 Å². The molecule has 0 radical (unpaired) electrons. The molecule has 0 aromatic carbocycles. The molecule has 2 heterocycles. The third kappa shape index (κ3) is 3.93. The van der Waals surface area contributed by atoms with Crippen LogP contribution in [0.2, 0.25) is 0 Å². The molecule has 2 fully saturated rings. The molecule has 104 valence electrons. The molecule has 2 aliphatic rings. The summed E-state index contributed by atoms with van der Waals surface area (Å²) in [5.74, 6) is 0.0554. The largest absolute Gasteiger partial charge is 0.374 e. The molecule has 1 amide bonds. The number of carbonyl (C=O) groups is 1. The summed E-state index contributed by atoms with van der Waals surface area (Å²) in [5.41, 5.74) is 0. The Morgan fingerprint density at radius 3 is 3.11 bits per heavy atom. The first-order chi connectivity index (χ1) is 8.65. The fraction of sp³-hybridized carbons (Fsp3) is 0.923. The first-order valence-electron chi connectivity index (χ1n) is 7.01. The van der Waals surface area contributed by atoms with Crippen LogP contribution in [0.4, 0.5) is 0 Å². The molecule has 5 heteroatoms. The van der Waals surface area contributed by atoms with Crippen LogP contribution >= 0.6 is 0 Å². The predicted molar refractivity (Wildman–Crippen MR) is 70.5 cm³/mol. The number of amides is 1. The summed E-state index contributed by atoms with van der Waals surface area (Å²) in [5, 5.41) is 6.04. The maximum absolute atomic E-state index is 11.5. The highest BCUT2D eigenvalue weighted by Gasteiger charge is 2.31. The van der Waals surface area contributed by atoms with Gasteiger partial charge in [0.2, 0.25) is 5.91 Å². The van der Waals surface area contributed by atoms with Crippen molar-refractivity contribution in [3.63, 3.8) is 0 Å². The summed E-state index contributed by atoms with van der Waals surface area (Å²) >= 11 is 0. The second-order valence-corrected chi connectivity index (χ2v) is 5.60. The maximum atomic E-state index is 11.5. The Morgan fingerprint density at radius 1 is 1.50 bits per heavy atom. The van der Waals surface area contributed by atoms with Gasteiger partial charge in [0.05, 0.1) is 19.3 Å². The van der Waals surface area contributed by atoms with E-state index >= 15 is 0 Å². The van der Waals surface area contributed by atoms with Crippen molar-refractivity contribution in [3.8, 4) is 0 Å². The molecule has 2 saturated heterocycles. The SMILES string of the molecule is CC(C)NC(=O)CNCC1CN2CCCC2CO1. The Kier molecular flexibility index (Phi) is 4.97. The molecule has 18 heavy (non-hydrogen) atoms. The minimum Gasteiger partial charge on any atom is -0.374 e. The van der Waals surface area contributed by atoms with Gasteiger partial charge in [-0.15, -0.1) is 0 Å². The van der Waals surface area contributed by atoms with Gasteiger partial charge in [0.15, 0.2) is 0 Å². The van der Waals surface area contributed by atoms with Crippen LogP contribution in [-0.4, -0.2) is 61.8 Å². The molecule has 2 N–H and O–H groups in total. The number of ether oxygens (including phenoxy) is 1. The van der Waals surface area contributed by atoms with Crippen LogP contribution in [0.3, 0.4) is 0 Å². The van der Waals surface area contributed by atoms with Gasteiger partial charge in [-0.05, 0) is 33.2 Å². The van der Waals surface area contributed by atoms with Crippen molar-refractivity contribution in [2.75, 3.05) is 32.8 Å². The van der Waals surface area contributed by atoms with Crippen molar-refractivity contribution in [3.05, 3.63) is 0 Å². The van der Waals surface area contributed by atoms with E-state index in [1.807, 2.05) is 13.8 Å². The van der Waals surface area contributed by atoms with E-state index in [1.165, 1.54) is 19.4 Å². The second kappa shape index (κ2) is 6.50. The molecule has 5 nitrogen and oxygen atoms in total. The molecule has 2 atom stereocenters. The third-order valence-corrected chi connectivity index (χ3v) is 3.57. The van der Waals surface area contributed by atoms with Crippen molar-refractivity contribution in [2.45, 2.75) is 44.9 Å². The van der Waals surface area contributed by atoms with Crippen LogP contribution in [-0.2, 0) is 9.53 Å². The number of hydrogen-bond donors (Lipinski definition) is 2. The zero-order valence-electron chi connectivity index (χ0n) is 11.4. The van der Waals surface area contributed by atoms with E-state index in [4.69, 9.17) is 4.74 Å². The number of hydrogen-bond acceptors (Lipinski definition) is 4. The highest BCUT2D eigenvalue weighted by Crippen LogP contribution is 2.22. The lowest BCUT2D eigenvalue weighted by atomic mass is 10.2. The van der Waals surface area contributed by atoms with Gasteiger partial charge in [-0.3, -0.25) is 9.69 Å². The minimum absolute atomic E-state index is 0.0554. The molecular formula is C13H25N3O2. The van der Waals surface area contributed by atoms with Gasteiger partial charge in [0.1, 0.15) is 0 Å². The highest BCUT2D eigenvalue weighted by atomic mass is 16.5. The Bertz CT molecular complexity index is 283. The van der Waals surface area contributed by atoms with Crippen molar-refractivity contribution in [2.24, 2.45) is 0 Å². The lowest BCUT2D eigenvalue weighted by Gasteiger charge is -2.35. The molecule has 2 rings (SSSR count). The molecule has 0 aromatic rings. The van der Waals surface area contributed by atoms with Gasteiger partial charge in [0, 0.05) is 25.2 Å². The lowest BCUT2D eigenvalue weighted by molar-refractivity contribution is -0.120. The number of carbonyl (C=O) groups excluding carboxylic acids is 1. The van der Waals surface area contributed by atoms with Gasteiger partial charge < -0.3 is 15.4 Å². The first kappa shape index (κ1) is 13.8. The quantitative estimate of drug-likeness (QED) is 0.724. The third-order valence-electron chi connectivity index (χ3n) is 3.57. The molecular weight excluding hydrogens is 230 g/mol. The van der Waals surface area contributed by atoms with Crippen molar-refractivity contribution in [1.29, 1.82) is 0 Å². The molecule has 0 spiro atoms. The smallest absolute Gasteiger partial charge is 0.234 e. The topological polar surface area (TPSA) is 53.6 Å². The van der Waals surface area contributed by atoms with E-state index in [0.29, 0.717) is 12.6 Å². The Hall–Kier alpha value is -0.650. The first-order valence-corrected chi connectivity index (χ1v) is 7.01. The monoisotopic (exact) mass is 255 g/mol. The van der Waals surface area contributed by atoms with Crippen molar-refractivity contribution < 1.29 is 9.53 Å². The fourth-order valence-electron chi connectivity index (χ4n) is 2.73.